The zero-order chi connectivity index (χ0) is 45.7. The minimum atomic E-state index is -1.84. The lowest BCUT2D eigenvalue weighted by Gasteiger charge is -2.70. The second kappa shape index (κ2) is 16.4. The van der Waals surface area contributed by atoms with E-state index in [2.05, 4.69) is 41.5 Å². The first-order valence-corrected chi connectivity index (χ1v) is 22.3. The molecule has 19 atom stereocenters. The van der Waals surface area contributed by atoms with Crippen molar-refractivity contribution in [3.05, 3.63) is 11.6 Å². The van der Waals surface area contributed by atoms with E-state index in [1.54, 1.807) is 0 Å². The maximum Gasteiger partial charge on any atom is 0.337 e. The second-order valence-electron chi connectivity index (χ2n) is 21.4. The van der Waals surface area contributed by atoms with Crippen LogP contribution in [0.25, 0.3) is 0 Å². The molecule has 7 rings (SSSR count). The fourth-order valence-electron chi connectivity index (χ4n) is 14.1. The van der Waals surface area contributed by atoms with Crippen molar-refractivity contribution in [2.24, 2.45) is 50.2 Å². The Bertz CT molecular complexity index is 1800. The fraction of sp³-hybridized carbons (Fsp3) is 0.870. The van der Waals surface area contributed by atoms with Gasteiger partial charge < -0.3 is 58.3 Å². The molecule has 4 saturated carbocycles. The zero-order valence-corrected chi connectivity index (χ0v) is 38.2. The molecular formula is C46H70O16. The molecule has 4 N–H and O–H groups in total. The predicted octanol–water partition coefficient (Wildman–Crippen LogP) is 3.16. The Morgan fingerprint density at radius 3 is 1.90 bits per heavy atom. The summed E-state index contributed by atoms with van der Waals surface area (Å²) in [5, 5.41) is 44.7. The molecule has 6 fully saturated rings. The van der Waals surface area contributed by atoms with Crippen molar-refractivity contribution >= 4 is 23.7 Å². The summed E-state index contributed by atoms with van der Waals surface area (Å²) in [6, 6.07) is 0. The van der Waals surface area contributed by atoms with Crippen molar-refractivity contribution in [3.63, 3.8) is 0 Å². The van der Waals surface area contributed by atoms with Gasteiger partial charge in [0.1, 0.15) is 36.6 Å². The molecule has 5 aliphatic carbocycles. The topological polar surface area (TPSA) is 223 Å². The molecule has 62 heavy (non-hydrogen) atoms. The largest absolute Gasteiger partial charge is 0.469 e. The van der Waals surface area contributed by atoms with Gasteiger partial charge in [0.25, 0.3) is 0 Å². The van der Waals surface area contributed by atoms with Crippen LogP contribution in [0.15, 0.2) is 11.6 Å². The molecule has 0 aromatic heterocycles. The number of allylic oxidation sites excluding steroid dienone is 2. The summed E-state index contributed by atoms with van der Waals surface area (Å²) in [5.41, 5.74) is -1.05. The van der Waals surface area contributed by atoms with Gasteiger partial charge in [0.2, 0.25) is 0 Å². The number of esters is 3. The Labute approximate surface area is 364 Å². The number of fused-ring (bicyclic) bond motifs is 7. The van der Waals surface area contributed by atoms with Gasteiger partial charge in [0.15, 0.2) is 30.6 Å². The number of aliphatic hydroxyl groups is 4. The lowest BCUT2D eigenvalue weighted by atomic mass is 9.33. The Kier molecular flexibility index (Phi) is 12.6. The minimum Gasteiger partial charge on any atom is -0.469 e. The van der Waals surface area contributed by atoms with Crippen LogP contribution < -0.4 is 0 Å². The molecule has 7 aliphatic rings. The average molecular weight is 879 g/mol. The summed E-state index contributed by atoms with van der Waals surface area (Å²) in [6.45, 7) is 15.5. The normalized spacial score (nSPS) is 49.8. The number of methoxy groups -OCH3 is 4. The van der Waals surface area contributed by atoms with E-state index < -0.39 is 95.7 Å². The van der Waals surface area contributed by atoms with Gasteiger partial charge in [-0.3, -0.25) is 9.59 Å². The first-order chi connectivity index (χ1) is 28.9. The second-order valence-corrected chi connectivity index (χ2v) is 21.4. The van der Waals surface area contributed by atoms with Gasteiger partial charge in [-0.2, -0.15) is 0 Å². The van der Waals surface area contributed by atoms with Crippen molar-refractivity contribution in [1.82, 2.24) is 0 Å². The van der Waals surface area contributed by atoms with Crippen LogP contribution in [0.2, 0.25) is 0 Å². The Morgan fingerprint density at radius 1 is 0.677 bits per heavy atom. The molecule has 0 bridgehead atoms. The summed E-state index contributed by atoms with van der Waals surface area (Å²) in [6.07, 6.45) is -8.21. The van der Waals surface area contributed by atoms with Crippen LogP contribution >= 0.6 is 0 Å². The van der Waals surface area contributed by atoms with Crippen LogP contribution in [0.4, 0.5) is 0 Å². The van der Waals surface area contributed by atoms with Gasteiger partial charge in [-0.15, -0.1) is 0 Å². The number of hydrogen-bond acceptors (Lipinski definition) is 16. The van der Waals surface area contributed by atoms with Gasteiger partial charge in [-0.25, -0.2) is 9.59 Å². The molecule has 0 spiro atoms. The lowest BCUT2D eigenvalue weighted by molar-refractivity contribution is -0.364. The van der Waals surface area contributed by atoms with Crippen molar-refractivity contribution < 1.29 is 77.5 Å². The van der Waals surface area contributed by atoms with Crippen molar-refractivity contribution in [3.8, 4) is 0 Å². The maximum absolute atomic E-state index is 15.0. The molecule has 2 saturated heterocycles. The summed E-state index contributed by atoms with van der Waals surface area (Å²) >= 11 is 0. The van der Waals surface area contributed by atoms with E-state index >= 15 is 0 Å². The van der Waals surface area contributed by atoms with Crippen LogP contribution in [0.5, 0.6) is 0 Å². The summed E-state index contributed by atoms with van der Waals surface area (Å²) in [5.74, 6) is -2.21. The number of carbonyl (C=O) groups is 4. The Balaban J connectivity index is 1.15. The predicted molar refractivity (Wildman–Crippen MR) is 217 cm³/mol. The van der Waals surface area contributed by atoms with Crippen LogP contribution in [0.1, 0.15) is 106 Å². The van der Waals surface area contributed by atoms with Gasteiger partial charge in [-0.1, -0.05) is 47.1 Å². The maximum atomic E-state index is 15.0. The van der Waals surface area contributed by atoms with Crippen molar-refractivity contribution in [1.29, 1.82) is 0 Å². The minimum absolute atomic E-state index is 0.00322. The standard InChI is InChI=1S/C46H70O16/c1-41(2)25-12-15-46(7)35(24(47)20-22-23-21-43(4,40(54)58-11)17-16-42(23,3)18-19-45(22,46)6)44(25,5)14-13-26(41)59-38-30(51)31(29(50)33(61-38)37(53)57-10)60-39-34(55-8)28(49)27(48)32(62-39)36(52)56-9/h20,23,25-35,38-39,48-51H,12-19,21H2,1-11H3/t23-,25-,26-,27-,28-,29-,30+,31-,32-,33-,34+,35+,38+,39+,42+,43-,44-,45+,46+/m0/s1. The monoisotopic (exact) mass is 878 g/mol. The molecule has 0 unspecified atom stereocenters. The molecule has 0 aromatic rings. The Morgan fingerprint density at radius 2 is 1.29 bits per heavy atom. The first-order valence-electron chi connectivity index (χ1n) is 22.3. The molecule has 0 radical (unpaired) electrons. The van der Waals surface area contributed by atoms with E-state index in [1.165, 1.54) is 19.8 Å². The number of hydrogen-bond donors (Lipinski definition) is 4. The van der Waals surface area contributed by atoms with Crippen LogP contribution in [-0.2, 0) is 57.1 Å². The number of ether oxygens (including phenoxy) is 8. The highest BCUT2D eigenvalue weighted by molar-refractivity contribution is 5.95. The highest BCUT2D eigenvalue weighted by atomic mass is 16.7. The summed E-state index contributed by atoms with van der Waals surface area (Å²) < 4.78 is 44.7. The molecule has 2 aliphatic heterocycles. The van der Waals surface area contributed by atoms with E-state index in [9.17, 15) is 39.6 Å². The molecule has 350 valence electrons. The van der Waals surface area contributed by atoms with Gasteiger partial charge in [-0.05, 0) is 110 Å². The molecule has 0 aromatic carbocycles. The number of ketones is 1. The summed E-state index contributed by atoms with van der Waals surface area (Å²) in [7, 11) is 4.86. The quantitative estimate of drug-likeness (QED) is 0.156. The van der Waals surface area contributed by atoms with Crippen molar-refractivity contribution in [2.45, 2.75) is 174 Å². The highest BCUT2D eigenvalue weighted by Gasteiger charge is 2.71. The van der Waals surface area contributed by atoms with Crippen LogP contribution in [0.3, 0.4) is 0 Å². The fourth-order valence-corrected chi connectivity index (χ4v) is 14.1. The zero-order valence-electron chi connectivity index (χ0n) is 38.2. The molecule has 16 nitrogen and oxygen atoms in total. The van der Waals surface area contributed by atoms with E-state index in [-0.39, 0.29) is 45.8 Å². The highest BCUT2D eigenvalue weighted by Crippen LogP contribution is 2.75. The Hall–Kier alpha value is -2.54. The third-order valence-electron chi connectivity index (χ3n) is 18.0. The van der Waals surface area contributed by atoms with E-state index in [1.807, 2.05) is 13.0 Å². The first kappa shape index (κ1) is 47.4. The van der Waals surface area contributed by atoms with Crippen LogP contribution in [-0.4, -0.2) is 140 Å². The third-order valence-corrected chi connectivity index (χ3v) is 18.0. The van der Waals surface area contributed by atoms with E-state index in [0.717, 1.165) is 52.7 Å². The summed E-state index contributed by atoms with van der Waals surface area (Å²) in [4.78, 5) is 53.6. The molecule has 16 heteroatoms. The third kappa shape index (κ3) is 7.03. The van der Waals surface area contributed by atoms with Gasteiger partial charge in [0, 0.05) is 13.0 Å². The van der Waals surface area contributed by atoms with Gasteiger partial charge >= 0.3 is 17.9 Å². The number of rotatable bonds is 8. The van der Waals surface area contributed by atoms with Crippen LogP contribution in [0, 0.1) is 50.2 Å². The van der Waals surface area contributed by atoms with E-state index in [4.69, 9.17) is 37.9 Å². The van der Waals surface area contributed by atoms with Gasteiger partial charge in [0.05, 0.1) is 32.8 Å². The smallest absolute Gasteiger partial charge is 0.337 e. The average Bonchev–Trinajstić information content (AvgIpc) is 3.22. The number of aliphatic hydroxyl groups excluding tert-OH is 4. The SMILES string of the molecule is COC(=O)[C@H]1O[C@@H](O[C@@H]2[C@@H](O)[C@H](O[C@H]3CC[C@]4(C)[C@H]5C(=O)C=C6[C@@H]7C[C@@](C)(C(=O)OC)CC[C@]7(C)CC[C@@]6(C)[C@]5(C)CC[C@H]4C3(C)C)O[C@H](C(=O)OC)[C@H]2O)[C@H](OC)[C@@H](O)[C@@H]1O. The van der Waals surface area contributed by atoms with Crippen molar-refractivity contribution in [2.75, 3.05) is 28.4 Å². The molecule has 2 heterocycles. The molecular weight excluding hydrogens is 808 g/mol. The molecule has 0 amide bonds. The lowest BCUT2D eigenvalue weighted by Crippen LogP contribution is -2.68. The number of carbonyl (C=O) groups excluding carboxylic acids is 4. The van der Waals surface area contributed by atoms with E-state index in [0.29, 0.717) is 19.3 Å².